The number of fused-ring (bicyclic) bond motifs is 1. The van der Waals surface area contributed by atoms with Gasteiger partial charge in [-0.15, -0.1) is 16.6 Å². The molecule has 0 radical (unpaired) electrons. The second-order valence-electron chi connectivity index (χ2n) is 25.2. The van der Waals surface area contributed by atoms with Gasteiger partial charge in [0.1, 0.15) is 23.6 Å². The number of sulfonamides is 1. The van der Waals surface area contributed by atoms with Gasteiger partial charge < -0.3 is 36.0 Å². The minimum Gasteiger partial charge on any atom is -0.394 e. The first kappa shape index (κ1) is 60.6. The van der Waals surface area contributed by atoms with E-state index in [4.69, 9.17) is 16.5 Å². The number of aryl methyl sites for hydroxylation is 2. The number of aliphatic hydroxyl groups is 2. The van der Waals surface area contributed by atoms with Gasteiger partial charge in [0, 0.05) is 55.4 Å². The zero-order valence-electron chi connectivity index (χ0n) is 50.0. The quantitative estimate of drug-likeness (QED) is 0.0392. The van der Waals surface area contributed by atoms with Gasteiger partial charge in [-0.05, 0) is 158 Å². The van der Waals surface area contributed by atoms with Gasteiger partial charge >= 0.3 is 0 Å². The number of carbonyl (C=O) groups excluding carboxylic acids is 4. The number of terminal acetylenes is 1. The van der Waals surface area contributed by atoms with Crippen molar-refractivity contribution in [1.29, 1.82) is 0 Å². The molecule has 0 bridgehead atoms. The molecule has 454 valence electrons. The summed E-state index contributed by atoms with van der Waals surface area (Å²) in [7, 11) is -2.77. The maximum absolute atomic E-state index is 14.7. The van der Waals surface area contributed by atoms with Crippen LogP contribution in [0.3, 0.4) is 0 Å². The Morgan fingerprint density at radius 2 is 1.62 bits per heavy atom. The lowest BCUT2D eigenvalue weighted by atomic mass is 9.40. The number of benzene rings is 3. The third kappa shape index (κ3) is 12.4. The second kappa shape index (κ2) is 24.2. The van der Waals surface area contributed by atoms with Crippen LogP contribution in [0.15, 0.2) is 102 Å². The van der Waals surface area contributed by atoms with Crippen molar-refractivity contribution in [3.8, 4) is 23.5 Å². The first-order chi connectivity index (χ1) is 41.5. The van der Waals surface area contributed by atoms with Gasteiger partial charge in [0.2, 0.25) is 17.7 Å². The van der Waals surface area contributed by atoms with E-state index in [-0.39, 0.29) is 41.8 Å². The van der Waals surface area contributed by atoms with Gasteiger partial charge in [0.05, 0.1) is 40.1 Å². The minimum absolute atomic E-state index is 0.0422. The van der Waals surface area contributed by atoms with Crippen LogP contribution in [-0.4, -0.2) is 115 Å². The van der Waals surface area contributed by atoms with Crippen molar-refractivity contribution < 1.29 is 37.8 Å². The maximum atomic E-state index is 14.7. The van der Waals surface area contributed by atoms with Gasteiger partial charge in [0.15, 0.2) is 16.8 Å². The summed E-state index contributed by atoms with van der Waals surface area (Å²) in [6.45, 7) is 11.7. The summed E-state index contributed by atoms with van der Waals surface area (Å²) < 4.78 is 33.8. The Balaban J connectivity index is 0.781. The van der Waals surface area contributed by atoms with Gasteiger partial charge in [-0.25, -0.2) is 23.1 Å². The Morgan fingerprint density at radius 3 is 2.28 bits per heavy atom. The number of para-hydroxylation sites is 1. The number of nitrogens with zero attached hydrogens (tertiary/aromatic N) is 8. The van der Waals surface area contributed by atoms with Crippen molar-refractivity contribution in [3.05, 3.63) is 131 Å². The van der Waals surface area contributed by atoms with Crippen LogP contribution in [0.2, 0.25) is 0 Å². The van der Waals surface area contributed by atoms with Gasteiger partial charge in [-0.1, -0.05) is 81.4 Å². The molecule has 2 unspecified atom stereocenters. The Morgan fingerprint density at radius 1 is 0.897 bits per heavy atom. The van der Waals surface area contributed by atoms with Crippen LogP contribution < -0.4 is 25.6 Å². The number of β-amino-alcohol motifs (C(OH)–C–C–N with tert-alkyl or cyclic N) is 1. The number of carbonyl (C=O) groups is 4. The van der Waals surface area contributed by atoms with Crippen molar-refractivity contribution in [1.82, 2.24) is 50.2 Å². The summed E-state index contributed by atoms with van der Waals surface area (Å²) in [4.78, 5) is 68.7. The average molecular weight is 1220 g/mol. The van der Waals surface area contributed by atoms with Crippen molar-refractivity contribution in [2.75, 3.05) is 30.4 Å². The molecule has 6 atom stereocenters. The average Bonchev–Trinajstić information content (AvgIpc) is 1.19. The van der Waals surface area contributed by atoms with Crippen molar-refractivity contribution in [3.63, 3.8) is 0 Å². The Bertz CT molecular complexity index is 3880. The number of rotatable bonds is 20. The molecule has 20 nitrogen and oxygen atoms in total. The van der Waals surface area contributed by atoms with E-state index in [1.807, 2.05) is 48.9 Å². The molecule has 5 heterocycles. The van der Waals surface area contributed by atoms with Crippen LogP contribution in [0.5, 0.6) is 0 Å². The molecule has 1 aliphatic heterocycles. The molecular formula is C65H74N12O8S2. The van der Waals surface area contributed by atoms with Crippen LogP contribution in [-0.2, 0) is 37.4 Å². The van der Waals surface area contributed by atoms with Gasteiger partial charge in [0.25, 0.3) is 15.9 Å². The largest absolute Gasteiger partial charge is 0.394 e. The fraction of sp³-hybridized carbons (Fsp3) is 0.431. The summed E-state index contributed by atoms with van der Waals surface area (Å²) in [6, 6.07) is 22.8. The molecule has 6 N–H and O–H groups in total. The zero-order valence-corrected chi connectivity index (χ0v) is 51.6. The second-order valence-corrected chi connectivity index (χ2v) is 27.9. The highest BCUT2D eigenvalue weighted by Gasteiger charge is 2.60. The van der Waals surface area contributed by atoms with E-state index in [1.165, 1.54) is 54.1 Å². The predicted molar refractivity (Wildman–Crippen MR) is 332 cm³/mol. The van der Waals surface area contributed by atoms with Crippen molar-refractivity contribution in [2.45, 2.75) is 129 Å². The van der Waals surface area contributed by atoms with Crippen molar-refractivity contribution in [2.24, 2.45) is 34.5 Å². The topological polar surface area (TPSA) is 267 Å². The lowest BCUT2D eigenvalue weighted by Gasteiger charge is -2.66. The summed E-state index contributed by atoms with van der Waals surface area (Å²) in [5.74, 6) is 4.55. The van der Waals surface area contributed by atoms with Gasteiger partial charge in [-0.2, -0.15) is 5.10 Å². The molecule has 11 rings (SSSR count). The molecule has 3 aliphatic carbocycles. The number of nitrogens with one attached hydrogen (secondary N) is 4. The molecule has 0 spiro atoms. The number of thiazole rings is 1. The number of hydrogen-bond donors (Lipinski definition) is 6. The van der Waals surface area contributed by atoms with Crippen LogP contribution in [0, 0.1) is 60.7 Å². The Labute approximate surface area is 511 Å². The van der Waals surface area contributed by atoms with E-state index >= 15 is 0 Å². The van der Waals surface area contributed by atoms with Crippen LogP contribution in [0.1, 0.15) is 117 Å². The standard InChI is InChI=1S/C65H74N12O8S2/c1-9-39-15-20-41(21-16-39)50(35-78)67-60(81)51-30-45(79)34-76(51)62(83)58(64(5,6)7)70-55(80)26-19-40-17-22-46(23-18-40)87(84,85)74-61(82)57-47(48-33-66-77(38(48)4)36-65(10-2)31-43-28-42-29-44(32-65)56(42)43)24-25-53(69-57)75(8)54-27-37(3)59(73-72-54)71-63-68-49-13-11-12-14-52(49)86-63/h1,11-18,20-25,27,33,42-45,50-51,56,58,78-79H,10,19,26,28-32,34-36H2,2-8H3,(H,67,81)(H,70,80)(H,74,82)(H,68,71,73)/t42?,43?,44?,45-,50+,51+,56?,58-,65?/m1/s1. The normalized spacial score (nSPS) is 22.0. The smallest absolute Gasteiger partial charge is 0.284 e. The lowest BCUT2D eigenvalue weighted by molar-refractivity contribution is -0.166. The number of amides is 4. The van der Waals surface area contributed by atoms with E-state index in [0.29, 0.717) is 50.4 Å². The number of anilines is 4. The number of likely N-dealkylation sites (tertiary alicyclic amines) is 1. The molecule has 3 aromatic carbocycles. The van der Waals surface area contributed by atoms with E-state index < -0.39 is 69.9 Å². The monoisotopic (exact) mass is 1210 g/mol. The van der Waals surface area contributed by atoms with Crippen LogP contribution >= 0.6 is 11.3 Å². The van der Waals surface area contributed by atoms with Crippen LogP contribution in [0.4, 0.5) is 22.6 Å². The highest BCUT2D eigenvalue weighted by molar-refractivity contribution is 7.90. The minimum atomic E-state index is -4.51. The van der Waals surface area contributed by atoms with Gasteiger partial charge in [-0.3, -0.25) is 23.9 Å². The van der Waals surface area contributed by atoms with E-state index in [9.17, 15) is 37.8 Å². The number of aromatic nitrogens is 6. The summed E-state index contributed by atoms with van der Waals surface area (Å²) in [5.41, 5.74) is 4.51. The van der Waals surface area contributed by atoms with E-state index in [0.717, 1.165) is 58.1 Å². The molecule has 22 heteroatoms. The molecule has 4 amide bonds. The fourth-order valence-electron chi connectivity index (χ4n) is 13.5. The summed E-state index contributed by atoms with van der Waals surface area (Å²) in [5, 5.41) is 44.4. The number of hydrogen-bond acceptors (Lipinski definition) is 16. The van der Waals surface area contributed by atoms with E-state index in [2.05, 4.69) is 48.7 Å². The van der Waals surface area contributed by atoms with E-state index in [1.54, 1.807) is 87.4 Å². The first-order valence-corrected chi connectivity index (χ1v) is 32.0. The molecule has 7 aromatic rings. The Hall–Kier alpha value is -8.10. The summed E-state index contributed by atoms with van der Waals surface area (Å²) in [6.07, 6.45) is 12.3. The molecule has 87 heavy (non-hydrogen) atoms. The van der Waals surface area contributed by atoms with Crippen LogP contribution in [0.25, 0.3) is 21.3 Å². The zero-order chi connectivity index (χ0) is 61.7. The molecule has 1 saturated heterocycles. The molecule has 4 aromatic heterocycles. The molecule has 4 fully saturated rings. The SMILES string of the molecule is C#Cc1ccc([C@H](CO)NC(=O)[C@@H]2C[C@@H](O)CN2C(=O)[C@@H](NC(=O)CCc2ccc(S(=O)(=O)NC(=O)c3nc(N(C)c4cc(C)c(Nc5nc6ccccc6s5)nn4)ccc3-c3cnn(CC4(CC)CC5CC6CC(C4)C65)c3C)cc2)C(C)(C)C)cc1. The first-order valence-electron chi connectivity index (χ1n) is 29.7. The fourth-order valence-corrected chi connectivity index (χ4v) is 15.4. The third-order valence-corrected chi connectivity index (χ3v) is 20.8. The third-order valence-electron chi connectivity index (χ3n) is 18.5. The molecule has 4 aliphatic rings. The number of pyridine rings is 1. The molecular weight excluding hydrogens is 1140 g/mol. The predicted octanol–water partition coefficient (Wildman–Crippen LogP) is 8.31. The summed E-state index contributed by atoms with van der Waals surface area (Å²) >= 11 is 1.50. The van der Waals surface area contributed by atoms with Crippen molar-refractivity contribution >= 4 is 77.8 Å². The lowest BCUT2D eigenvalue weighted by Crippen LogP contribution is -2.58. The Kier molecular flexibility index (Phi) is 16.9. The highest BCUT2D eigenvalue weighted by atomic mass is 32.2. The highest BCUT2D eigenvalue weighted by Crippen LogP contribution is 2.68. The molecule has 3 saturated carbocycles. The maximum Gasteiger partial charge on any atom is 0.284 e. The number of aliphatic hydroxyl groups excluding tert-OH is 2.